The van der Waals surface area contributed by atoms with Crippen molar-refractivity contribution in [3.8, 4) is 0 Å². The molecule has 0 aromatic carbocycles. The molecule has 140 valence electrons. The molecule has 24 heavy (non-hydrogen) atoms. The topological polar surface area (TPSA) is 107 Å². The van der Waals surface area contributed by atoms with Crippen LogP contribution in [0.5, 0.6) is 0 Å². The number of carbonyl (C=O) groups is 3. The molecule has 0 radical (unpaired) electrons. The first-order valence-corrected chi connectivity index (χ1v) is 7.29. The van der Waals surface area contributed by atoms with Crippen LogP contribution in [0.25, 0.3) is 0 Å². The monoisotopic (exact) mass is 350 g/mol. The summed E-state index contributed by atoms with van der Waals surface area (Å²) in [6.45, 7) is 3.44. The van der Waals surface area contributed by atoms with E-state index in [0.717, 1.165) is 0 Å². The highest BCUT2D eigenvalue weighted by molar-refractivity contribution is 5.67. The first-order chi connectivity index (χ1) is 11.3. The second-order valence-electron chi connectivity index (χ2n) is 4.93. The van der Waals surface area contributed by atoms with Crippen LogP contribution in [0, 0.1) is 0 Å². The summed E-state index contributed by atoms with van der Waals surface area (Å²) < 4.78 is 31.1. The number of hydrogen-bond acceptors (Lipinski definition) is 9. The van der Waals surface area contributed by atoms with Crippen molar-refractivity contribution in [3.63, 3.8) is 0 Å². The Balaban J connectivity index is 5.26. The van der Waals surface area contributed by atoms with Gasteiger partial charge in [-0.1, -0.05) is 0 Å². The van der Waals surface area contributed by atoms with Gasteiger partial charge in [0.05, 0.1) is 0 Å². The van der Waals surface area contributed by atoms with Gasteiger partial charge < -0.3 is 28.4 Å². The number of carbonyl (C=O) groups excluding carboxylic acids is 3. The second kappa shape index (κ2) is 11.8. The van der Waals surface area contributed by atoms with Crippen LogP contribution in [0.3, 0.4) is 0 Å². The van der Waals surface area contributed by atoms with Crippen molar-refractivity contribution in [2.75, 3.05) is 34.5 Å². The average molecular weight is 350 g/mol. The fourth-order valence-electron chi connectivity index (χ4n) is 2.10. The minimum absolute atomic E-state index is 0.0788. The first-order valence-electron chi connectivity index (χ1n) is 7.29. The molecule has 9 nitrogen and oxygen atoms in total. The zero-order valence-electron chi connectivity index (χ0n) is 14.9. The van der Waals surface area contributed by atoms with Gasteiger partial charge in [0.25, 0.3) is 0 Å². The van der Waals surface area contributed by atoms with Crippen molar-refractivity contribution in [3.05, 3.63) is 0 Å². The summed E-state index contributed by atoms with van der Waals surface area (Å²) in [5.41, 5.74) is 0. The van der Waals surface area contributed by atoms with Crippen LogP contribution >= 0.6 is 0 Å². The lowest BCUT2D eigenvalue weighted by molar-refractivity contribution is -0.188. The lowest BCUT2D eigenvalue weighted by Gasteiger charge is -2.34. The number of ether oxygens (including phenoxy) is 6. The molecule has 0 aromatic rings. The molecule has 0 aliphatic heterocycles. The second-order valence-corrected chi connectivity index (χ2v) is 4.93. The molecule has 0 heterocycles. The normalized spacial score (nSPS) is 15.8. The zero-order chi connectivity index (χ0) is 18.7. The van der Waals surface area contributed by atoms with E-state index in [1.165, 1.54) is 42.1 Å². The van der Waals surface area contributed by atoms with E-state index in [-0.39, 0.29) is 13.2 Å². The van der Waals surface area contributed by atoms with Gasteiger partial charge in [-0.2, -0.15) is 0 Å². The fourth-order valence-corrected chi connectivity index (χ4v) is 2.10. The van der Waals surface area contributed by atoms with Crippen molar-refractivity contribution in [1.82, 2.24) is 0 Å². The molecular weight excluding hydrogens is 324 g/mol. The molecule has 0 saturated heterocycles. The van der Waals surface area contributed by atoms with Crippen LogP contribution in [-0.4, -0.2) is 76.9 Å². The highest BCUT2D eigenvalue weighted by atomic mass is 16.6. The summed E-state index contributed by atoms with van der Waals surface area (Å²) in [7, 11) is 4.21. The Bertz CT molecular complexity index is 410. The molecule has 0 aromatic heterocycles. The van der Waals surface area contributed by atoms with Gasteiger partial charge >= 0.3 is 17.9 Å². The van der Waals surface area contributed by atoms with E-state index in [9.17, 15) is 14.4 Å². The maximum atomic E-state index is 11.3. The third-order valence-corrected chi connectivity index (χ3v) is 3.12. The average Bonchev–Trinajstić information content (AvgIpc) is 2.50. The Labute approximate surface area is 141 Å². The van der Waals surface area contributed by atoms with Crippen LogP contribution in [0.15, 0.2) is 0 Å². The van der Waals surface area contributed by atoms with Gasteiger partial charge in [-0.05, 0) is 0 Å². The van der Waals surface area contributed by atoms with Gasteiger partial charge in [0.2, 0.25) is 0 Å². The highest BCUT2D eigenvalue weighted by Crippen LogP contribution is 2.18. The molecule has 0 unspecified atom stereocenters. The molecule has 9 heteroatoms. The van der Waals surface area contributed by atoms with Crippen LogP contribution in [0.4, 0.5) is 0 Å². The SMILES string of the molecule is CO[C@H]([C@H](OC)[C@H](COC(C)=O)OC)[C@@H](COC(C)=O)OC(C)=O. The van der Waals surface area contributed by atoms with Gasteiger partial charge in [-0.15, -0.1) is 0 Å². The van der Waals surface area contributed by atoms with Crippen molar-refractivity contribution in [2.45, 2.75) is 45.2 Å². The maximum Gasteiger partial charge on any atom is 0.303 e. The largest absolute Gasteiger partial charge is 0.463 e. The predicted octanol–water partition coefficient (Wildman–Crippen LogP) is 0.0893. The van der Waals surface area contributed by atoms with Crippen LogP contribution in [-0.2, 0) is 42.8 Å². The van der Waals surface area contributed by atoms with Crippen LogP contribution in [0.1, 0.15) is 20.8 Å². The summed E-state index contributed by atoms with van der Waals surface area (Å²) in [5.74, 6) is -1.57. The molecule has 0 rings (SSSR count). The minimum atomic E-state index is -0.920. The van der Waals surface area contributed by atoms with E-state index < -0.39 is 42.3 Å². The summed E-state index contributed by atoms with van der Waals surface area (Å²) >= 11 is 0. The summed E-state index contributed by atoms with van der Waals surface area (Å²) in [5, 5.41) is 0. The summed E-state index contributed by atoms with van der Waals surface area (Å²) in [6.07, 6.45) is -3.17. The molecule has 0 N–H and O–H groups in total. The van der Waals surface area contributed by atoms with Gasteiger partial charge in [0.1, 0.15) is 31.5 Å². The molecule has 0 spiro atoms. The molecule has 0 fully saturated rings. The third kappa shape index (κ3) is 8.23. The fraction of sp³-hybridized carbons (Fsp3) is 0.800. The first kappa shape index (κ1) is 22.3. The Kier molecular flexibility index (Phi) is 10.9. The summed E-state index contributed by atoms with van der Waals surface area (Å²) in [4.78, 5) is 33.4. The van der Waals surface area contributed by atoms with Crippen LogP contribution < -0.4 is 0 Å². The zero-order valence-corrected chi connectivity index (χ0v) is 14.9. The van der Waals surface area contributed by atoms with E-state index in [1.54, 1.807) is 0 Å². The van der Waals surface area contributed by atoms with E-state index in [2.05, 4.69) is 0 Å². The quantitative estimate of drug-likeness (QED) is 0.378. The molecule has 0 amide bonds. The predicted molar refractivity (Wildman–Crippen MR) is 81.2 cm³/mol. The standard InChI is InChI=1S/C15H26O9/c1-9(16)22-7-12(19-4)14(20-5)15(21-6)13(24-11(3)18)8-23-10(2)17/h12-15H,7-8H2,1-6H3/t12-,13+,14+,15-/m0/s1. The van der Waals surface area contributed by atoms with Crippen molar-refractivity contribution < 1.29 is 42.8 Å². The van der Waals surface area contributed by atoms with Gasteiger partial charge in [0, 0.05) is 42.1 Å². The van der Waals surface area contributed by atoms with Gasteiger partial charge in [-0.3, -0.25) is 14.4 Å². The minimum Gasteiger partial charge on any atom is -0.463 e. The van der Waals surface area contributed by atoms with E-state index >= 15 is 0 Å². The van der Waals surface area contributed by atoms with Crippen molar-refractivity contribution >= 4 is 17.9 Å². The Hall–Kier alpha value is -1.71. The van der Waals surface area contributed by atoms with E-state index in [4.69, 9.17) is 28.4 Å². The molecular formula is C15H26O9. The molecule has 4 atom stereocenters. The smallest absolute Gasteiger partial charge is 0.303 e. The number of rotatable bonds is 11. The van der Waals surface area contributed by atoms with E-state index in [1.807, 2.05) is 0 Å². The molecule has 0 bridgehead atoms. The highest BCUT2D eigenvalue weighted by Gasteiger charge is 2.38. The number of methoxy groups -OCH3 is 3. The lowest BCUT2D eigenvalue weighted by atomic mass is 10.0. The Morgan fingerprint density at radius 3 is 1.42 bits per heavy atom. The van der Waals surface area contributed by atoms with Gasteiger partial charge in [-0.25, -0.2) is 0 Å². The van der Waals surface area contributed by atoms with Crippen molar-refractivity contribution in [1.29, 1.82) is 0 Å². The number of hydrogen-bond donors (Lipinski definition) is 0. The third-order valence-electron chi connectivity index (χ3n) is 3.12. The van der Waals surface area contributed by atoms with Crippen LogP contribution in [0.2, 0.25) is 0 Å². The number of esters is 3. The Morgan fingerprint density at radius 1 is 0.667 bits per heavy atom. The lowest BCUT2D eigenvalue weighted by Crippen LogP contribution is -2.52. The maximum absolute atomic E-state index is 11.3. The molecule has 0 aliphatic rings. The van der Waals surface area contributed by atoms with Crippen molar-refractivity contribution in [2.24, 2.45) is 0 Å². The summed E-state index contributed by atoms with van der Waals surface area (Å²) in [6, 6.07) is 0. The Morgan fingerprint density at radius 2 is 1.08 bits per heavy atom. The van der Waals surface area contributed by atoms with Gasteiger partial charge in [0.15, 0.2) is 6.10 Å². The molecule has 0 aliphatic carbocycles. The molecule has 0 saturated carbocycles. The van der Waals surface area contributed by atoms with E-state index in [0.29, 0.717) is 0 Å².